The predicted molar refractivity (Wildman–Crippen MR) is 63.8 cm³/mol. The third-order valence-electron chi connectivity index (χ3n) is 3.34. The molecule has 0 amide bonds. The molecule has 1 aliphatic heterocycles. The summed E-state index contributed by atoms with van der Waals surface area (Å²) in [5, 5.41) is 0. The van der Waals surface area contributed by atoms with Crippen LogP contribution in [0.4, 0.5) is 5.69 Å². The van der Waals surface area contributed by atoms with E-state index < -0.39 is 0 Å². The topological polar surface area (TPSA) is 12.5 Å². The van der Waals surface area contributed by atoms with Crippen molar-refractivity contribution in [3.63, 3.8) is 0 Å². The number of ether oxygens (including phenoxy) is 1. The third kappa shape index (κ3) is 1.81. The standard InChI is InChI=1S/C13H19NO/c1-4-10(2)14-8-7-11-9-12(15-3)5-6-13(11)14/h5-6,9-10H,4,7-8H2,1-3H3. The highest BCUT2D eigenvalue weighted by atomic mass is 16.5. The van der Waals surface area contributed by atoms with Gasteiger partial charge in [-0.15, -0.1) is 0 Å². The maximum atomic E-state index is 5.24. The van der Waals surface area contributed by atoms with Crippen LogP contribution in [0.15, 0.2) is 18.2 Å². The zero-order valence-corrected chi connectivity index (χ0v) is 9.79. The van der Waals surface area contributed by atoms with E-state index in [1.807, 2.05) is 0 Å². The summed E-state index contributed by atoms with van der Waals surface area (Å²) in [7, 11) is 1.73. The lowest BCUT2D eigenvalue weighted by molar-refractivity contribution is 0.414. The highest BCUT2D eigenvalue weighted by Crippen LogP contribution is 2.32. The molecule has 0 saturated heterocycles. The molecule has 0 spiro atoms. The van der Waals surface area contributed by atoms with Crippen LogP contribution in [-0.2, 0) is 6.42 Å². The SMILES string of the molecule is CCC(C)N1CCc2cc(OC)ccc21. The Balaban J connectivity index is 2.28. The van der Waals surface area contributed by atoms with Crippen molar-refractivity contribution in [2.24, 2.45) is 0 Å². The van der Waals surface area contributed by atoms with E-state index in [-0.39, 0.29) is 0 Å². The van der Waals surface area contributed by atoms with Crippen LogP contribution in [0.25, 0.3) is 0 Å². The Hall–Kier alpha value is -1.18. The largest absolute Gasteiger partial charge is 0.497 e. The second-order valence-corrected chi connectivity index (χ2v) is 4.20. The molecule has 82 valence electrons. The number of benzene rings is 1. The van der Waals surface area contributed by atoms with Crippen molar-refractivity contribution in [3.8, 4) is 5.75 Å². The molecule has 15 heavy (non-hydrogen) atoms. The summed E-state index contributed by atoms with van der Waals surface area (Å²) < 4.78 is 5.24. The lowest BCUT2D eigenvalue weighted by Gasteiger charge is -2.26. The maximum Gasteiger partial charge on any atom is 0.119 e. The monoisotopic (exact) mass is 205 g/mol. The minimum Gasteiger partial charge on any atom is -0.497 e. The molecule has 0 N–H and O–H groups in total. The molecule has 0 saturated carbocycles. The molecular formula is C13H19NO. The fourth-order valence-corrected chi connectivity index (χ4v) is 2.21. The van der Waals surface area contributed by atoms with Crippen LogP contribution >= 0.6 is 0 Å². The lowest BCUT2D eigenvalue weighted by Crippen LogP contribution is -2.30. The van der Waals surface area contributed by atoms with E-state index in [1.54, 1.807) is 7.11 Å². The summed E-state index contributed by atoms with van der Waals surface area (Å²) in [6.45, 7) is 5.68. The Bertz CT molecular complexity index is 348. The van der Waals surface area contributed by atoms with Gasteiger partial charge in [0.2, 0.25) is 0 Å². The first-order valence-electron chi connectivity index (χ1n) is 5.69. The summed E-state index contributed by atoms with van der Waals surface area (Å²) in [6.07, 6.45) is 2.35. The molecule has 1 aliphatic rings. The van der Waals surface area contributed by atoms with Gasteiger partial charge in [-0.2, -0.15) is 0 Å². The van der Waals surface area contributed by atoms with Crippen LogP contribution in [0.5, 0.6) is 5.75 Å². The predicted octanol–water partition coefficient (Wildman–Crippen LogP) is 2.86. The molecular weight excluding hydrogens is 186 g/mol. The van der Waals surface area contributed by atoms with E-state index in [4.69, 9.17) is 4.74 Å². The zero-order chi connectivity index (χ0) is 10.8. The highest BCUT2D eigenvalue weighted by Gasteiger charge is 2.22. The Morgan fingerprint density at radius 3 is 2.93 bits per heavy atom. The number of fused-ring (bicyclic) bond motifs is 1. The first-order chi connectivity index (χ1) is 7.26. The lowest BCUT2D eigenvalue weighted by atomic mass is 10.1. The fraction of sp³-hybridized carbons (Fsp3) is 0.538. The van der Waals surface area contributed by atoms with Gasteiger partial charge in [0.1, 0.15) is 5.75 Å². The van der Waals surface area contributed by atoms with Crippen LogP contribution in [0, 0.1) is 0 Å². The quantitative estimate of drug-likeness (QED) is 0.752. The Kier molecular flexibility index (Phi) is 2.85. The number of rotatable bonds is 3. The van der Waals surface area contributed by atoms with E-state index in [0.29, 0.717) is 6.04 Å². The average molecular weight is 205 g/mol. The van der Waals surface area contributed by atoms with E-state index in [0.717, 1.165) is 18.7 Å². The molecule has 0 fully saturated rings. The third-order valence-corrected chi connectivity index (χ3v) is 3.34. The van der Waals surface area contributed by atoms with Crippen molar-refractivity contribution >= 4 is 5.69 Å². The maximum absolute atomic E-state index is 5.24. The van der Waals surface area contributed by atoms with Gasteiger partial charge in [-0.05, 0) is 43.5 Å². The van der Waals surface area contributed by atoms with Gasteiger partial charge in [0, 0.05) is 18.3 Å². The molecule has 0 bridgehead atoms. The molecule has 1 aromatic carbocycles. The zero-order valence-electron chi connectivity index (χ0n) is 9.79. The van der Waals surface area contributed by atoms with Gasteiger partial charge < -0.3 is 9.64 Å². The van der Waals surface area contributed by atoms with Gasteiger partial charge in [-0.25, -0.2) is 0 Å². The minimum absolute atomic E-state index is 0.639. The average Bonchev–Trinajstić information content (AvgIpc) is 2.70. The van der Waals surface area contributed by atoms with E-state index in [1.165, 1.54) is 17.7 Å². The van der Waals surface area contributed by atoms with Crippen molar-refractivity contribution < 1.29 is 4.74 Å². The summed E-state index contributed by atoms with van der Waals surface area (Å²) in [6, 6.07) is 7.05. The number of methoxy groups -OCH3 is 1. The minimum atomic E-state index is 0.639. The first kappa shape index (κ1) is 10.3. The van der Waals surface area contributed by atoms with Crippen molar-refractivity contribution in [2.75, 3.05) is 18.6 Å². The Labute approximate surface area is 91.9 Å². The second-order valence-electron chi connectivity index (χ2n) is 4.20. The van der Waals surface area contributed by atoms with Gasteiger partial charge in [-0.1, -0.05) is 6.92 Å². The number of hydrogen-bond donors (Lipinski definition) is 0. The van der Waals surface area contributed by atoms with Gasteiger partial charge >= 0.3 is 0 Å². The van der Waals surface area contributed by atoms with Crippen molar-refractivity contribution in [2.45, 2.75) is 32.7 Å². The molecule has 2 rings (SSSR count). The summed E-state index contributed by atoms with van der Waals surface area (Å²) >= 11 is 0. The molecule has 0 aromatic heterocycles. The van der Waals surface area contributed by atoms with Gasteiger partial charge in [0.25, 0.3) is 0 Å². The van der Waals surface area contributed by atoms with Crippen molar-refractivity contribution in [3.05, 3.63) is 23.8 Å². The van der Waals surface area contributed by atoms with Crippen LogP contribution in [0.2, 0.25) is 0 Å². The summed E-state index contributed by atoms with van der Waals surface area (Å²) in [4.78, 5) is 2.49. The molecule has 1 aromatic rings. The second kappa shape index (κ2) is 4.13. The molecule has 1 atom stereocenters. The van der Waals surface area contributed by atoms with E-state index >= 15 is 0 Å². The van der Waals surface area contributed by atoms with E-state index in [9.17, 15) is 0 Å². The molecule has 2 nitrogen and oxygen atoms in total. The van der Waals surface area contributed by atoms with Crippen molar-refractivity contribution in [1.29, 1.82) is 0 Å². The Morgan fingerprint density at radius 1 is 1.47 bits per heavy atom. The van der Waals surface area contributed by atoms with Crippen LogP contribution < -0.4 is 9.64 Å². The molecule has 0 aliphatic carbocycles. The summed E-state index contributed by atoms with van der Waals surface area (Å²) in [5.74, 6) is 0.972. The van der Waals surface area contributed by atoms with Crippen LogP contribution in [0.3, 0.4) is 0 Å². The van der Waals surface area contributed by atoms with Crippen LogP contribution in [-0.4, -0.2) is 19.7 Å². The smallest absolute Gasteiger partial charge is 0.119 e. The number of anilines is 1. The molecule has 1 heterocycles. The van der Waals surface area contributed by atoms with Crippen LogP contribution in [0.1, 0.15) is 25.8 Å². The number of nitrogens with zero attached hydrogens (tertiary/aromatic N) is 1. The molecule has 1 unspecified atom stereocenters. The molecule has 0 radical (unpaired) electrons. The van der Waals surface area contributed by atoms with E-state index in [2.05, 4.69) is 36.9 Å². The normalized spacial score (nSPS) is 16.3. The summed E-state index contributed by atoms with van der Waals surface area (Å²) in [5.41, 5.74) is 2.82. The fourth-order valence-electron chi connectivity index (χ4n) is 2.21. The number of hydrogen-bond acceptors (Lipinski definition) is 2. The highest BCUT2D eigenvalue weighted by molar-refractivity contribution is 5.60. The molecule has 2 heteroatoms. The Morgan fingerprint density at radius 2 is 2.27 bits per heavy atom. The first-order valence-corrected chi connectivity index (χ1v) is 5.69. The van der Waals surface area contributed by atoms with Crippen molar-refractivity contribution in [1.82, 2.24) is 0 Å². The van der Waals surface area contributed by atoms with Gasteiger partial charge in [0.05, 0.1) is 7.11 Å². The van der Waals surface area contributed by atoms with Gasteiger partial charge in [-0.3, -0.25) is 0 Å². The van der Waals surface area contributed by atoms with Gasteiger partial charge in [0.15, 0.2) is 0 Å².